The van der Waals surface area contributed by atoms with Gasteiger partial charge in [-0.05, 0) is 19.1 Å². The predicted molar refractivity (Wildman–Crippen MR) is 81.1 cm³/mol. The van der Waals surface area contributed by atoms with Gasteiger partial charge in [0.05, 0.1) is 12.7 Å². The van der Waals surface area contributed by atoms with E-state index in [1.165, 1.54) is 38.3 Å². The number of esters is 1. The molecular weight excluding hydrogens is 296 g/mol. The lowest BCUT2D eigenvalue weighted by atomic mass is 9.79. The number of Topliss-reactive ketones (excluding diaryl/α,β-unsaturated/α-hetero) is 1. The van der Waals surface area contributed by atoms with Gasteiger partial charge in [-0.1, -0.05) is 24.3 Å². The van der Waals surface area contributed by atoms with Gasteiger partial charge in [-0.15, -0.1) is 0 Å². The molecule has 2 aromatic rings. The molecule has 0 saturated carbocycles. The zero-order valence-electron chi connectivity index (χ0n) is 12.5. The van der Waals surface area contributed by atoms with Crippen molar-refractivity contribution in [3.63, 3.8) is 0 Å². The molecule has 114 valence electrons. The SMILES string of the molecule is COC(=O)c1ccc(C(C)=O)c2c1C(=O)c1ccccc1C2=O. The molecule has 0 unspecified atom stereocenters. The first-order chi connectivity index (χ1) is 11.0. The van der Waals surface area contributed by atoms with Crippen LogP contribution in [0.4, 0.5) is 0 Å². The third kappa shape index (κ3) is 2.09. The normalized spacial score (nSPS) is 12.4. The Morgan fingerprint density at radius 3 is 1.78 bits per heavy atom. The van der Waals surface area contributed by atoms with Crippen LogP contribution in [0.2, 0.25) is 0 Å². The van der Waals surface area contributed by atoms with Gasteiger partial charge >= 0.3 is 5.97 Å². The fraction of sp³-hybridized carbons (Fsp3) is 0.111. The van der Waals surface area contributed by atoms with Gasteiger partial charge in [0.15, 0.2) is 17.3 Å². The van der Waals surface area contributed by atoms with Crippen LogP contribution in [-0.4, -0.2) is 30.4 Å². The van der Waals surface area contributed by atoms with Gasteiger partial charge < -0.3 is 4.74 Å². The summed E-state index contributed by atoms with van der Waals surface area (Å²) in [7, 11) is 1.19. The van der Waals surface area contributed by atoms with Crippen LogP contribution in [-0.2, 0) is 4.74 Å². The molecule has 0 fully saturated rings. The molecule has 0 bridgehead atoms. The summed E-state index contributed by atoms with van der Waals surface area (Å²) in [5, 5.41) is 0. The van der Waals surface area contributed by atoms with Crippen molar-refractivity contribution in [1.82, 2.24) is 0 Å². The molecule has 0 aliphatic heterocycles. The molecular formula is C18H12O5. The number of benzene rings is 2. The Bertz CT molecular complexity index is 892. The maximum atomic E-state index is 12.8. The van der Waals surface area contributed by atoms with Crippen molar-refractivity contribution in [2.45, 2.75) is 6.92 Å². The number of hydrogen-bond donors (Lipinski definition) is 0. The van der Waals surface area contributed by atoms with Crippen molar-refractivity contribution in [2.24, 2.45) is 0 Å². The molecule has 0 radical (unpaired) electrons. The summed E-state index contributed by atoms with van der Waals surface area (Å²) in [6.07, 6.45) is 0. The Labute approximate surface area is 131 Å². The van der Waals surface area contributed by atoms with E-state index >= 15 is 0 Å². The van der Waals surface area contributed by atoms with E-state index in [0.717, 1.165) is 0 Å². The molecule has 0 N–H and O–H groups in total. The number of carbonyl (C=O) groups is 4. The summed E-state index contributed by atoms with van der Waals surface area (Å²) in [6, 6.07) is 9.08. The Morgan fingerprint density at radius 2 is 1.30 bits per heavy atom. The number of ketones is 3. The molecule has 2 aromatic carbocycles. The van der Waals surface area contributed by atoms with Gasteiger partial charge in [-0.2, -0.15) is 0 Å². The van der Waals surface area contributed by atoms with Crippen LogP contribution >= 0.6 is 0 Å². The number of fused-ring (bicyclic) bond motifs is 2. The molecule has 0 heterocycles. The number of methoxy groups -OCH3 is 1. The zero-order chi connectivity index (χ0) is 16.7. The zero-order valence-corrected chi connectivity index (χ0v) is 12.5. The minimum atomic E-state index is -0.725. The summed E-state index contributed by atoms with van der Waals surface area (Å²) in [6.45, 7) is 1.31. The van der Waals surface area contributed by atoms with E-state index in [4.69, 9.17) is 0 Å². The second-order valence-electron chi connectivity index (χ2n) is 5.16. The number of hydrogen-bond acceptors (Lipinski definition) is 5. The number of carbonyl (C=O) groups excluding carboxylic acids is 4. The van der Waals surface area contributed by atoms with E-state index in [2.05, 4.69) is 4.74 Å². The van der Waals surface area contributed by atoms with Crippen molar-refractivity contribution in [3.8, 4) is 0 Å². The highest BCUT2D eigenvalue weighted by Crippen LogP contribution is 2.32. The standard InChI is InChI=1S/C18H12O5/c1-9(19)10-7-8-13(18(22)23-2)15-14(10)16(20)11-5-3-4-6-12(11)17(15)21/h3-8H,1-2H3. The minimum absolute atomic E-state index is 0.0136. The van der Waals surface area contributed by atoms with E-state index in [9.17, 15) is 19.2 Å². The first-order valence-electron chi connectivity index (χ1n) is 6.92. The van der Waals surface area contributed by atoms with E-state index in [-0.39, 0.29) is 39.2 Å². The largest absolute Gasteiger partial charge is 0.465 e. The van der Waals surface area contributed by atoms with Crippen molar-refractivity contribution < 1.29 is 23.9 Å². The van der Waals surface area contributed by atoms with Crippen LogP contribution in [0.5, 0.6) is 0 Å². The predicted octanol–water partition coefficient (Wildman–Crippen LogP) is 2.45. The maximum Gasteiger partial charge on any atom is 0.338 e. The van der Waals surface area contributed by atoms with Crippen molar-refractivity contribution in [3.05, 3.63) is 69.8 Å². The van der Waals surface area contributed by atoms with E-state index < -0.39 is 17.5 Å². The molecule has 0 spiro atoms. The third-order valence-corrected chi connectivity index (χ3v) is 3.86. The molecule has 0 amide bonds. The maximum absolute atomic E-state index is 12.8. The highest BCUT2D eigenvalue weighted by atomic mass is 16.5. The minimum Gasteiger partial charge on any atom is -0.465 e. The van der Waals surface area contributed by atoms with Crippen LogP contribution in [0, 0.1) is 0 Å². The molecule has 5 heteroatoms. The average molecular weight is 308 g/mol. The van der Waals surface area contributed by atoms with Gasteiger partial charge in [-0.25, -0.2) is 4.79 Å². The van der Waals surface area contributed by atoms with E-state index in [1.54, 1.807) is 12.1 Å². The molecule has 0 aromatic heterocycles. The molecule has 1 aliphatic carbocycles. The Morgan fingerprint density at radius 1 is 0.826 bits per heavy atom. The van der Waals surface area contributed by atoms with Crippen LogP contribution in [0.15, 0.2) is 36.4 Å². The van der Waals surface area contributed by atoms with Gasteiger partial charge in [0.1, 0.15) is 0 Å². The van der Waals surface area contributed by atoms with Crippen molar-refractivity contribution in [2.75, 3.05) is 7.11 Å². The molecule has 5 nitrogen and oxygen atoms in total. The Balaban J connectivity index is 2.41. The van der Waals surface area contributed by atoms with Crippen molar-refractivity contribution >= 4 is 23.3 Å². The fourth-order valence-corrected chi connectivity index (χ4v) is 2.80. The Hall–Kier alpha value is -3.08. The monoisotopic (exact) mass is 308 g/mol. The average Bonchev–Trinajstić information content (AvgIpc) is 2.57. The smallest absolute Gasteiger partial charge is 0.338 e. The van der Waals surface area contributed by atoms with Gasteiger partial charge in [0.25, 0.3) is 0 Å². The van der Waals surface area contributed by atoms with E-state index in [0.29, 0.717) is 0 Å². The first kappa shape index (κ1) is 14.8. The second kappa shape index (κ2) is 5.28. The van der Waals surface area contributed by atoms with Gasteiger partial charge in [0.2, 0.25) is 0 Å². The summed E-state index contributed by atoms with van der Waals surface area (Å²) in [4.78, 5) is 49.4. The van der Waals surface area contributed by atoms with E-state index in [1.807, 2.05) is 0 Å². The quantitative estimate of drug-likeness (QED) is 0.537. The highest BCUT2D eigenvalue weighted by molar-refractivity contribution is 6.32. The fourth-order valence-electron chi connectivity index (χ4n) is 2.80. The highest BCUT2D eigenvalue weighted by Gasteiger charge is 2.36. The van der Waals surface area contributed by atoms with Crippen LogP contribution in [0.3, 0.4) is 0 Å². The Kier molecular flexibility index (Phi) is 3.41. The van der Waals surface area contributed by atoms with Gasteiger partial charge in [0, 0.05) is 27.8 Å². The van der Waals surface area contributed by atoms with Crippen molar-refractivity contribution in [1.29, 1.82) is 0 Å². The second-order valence-corrected chi connectivity index (χ2v) is 5.16. The summed E-state index contributed by atoms with van der Waals surface area (Å²) in [5.74, 6) is -1.97. The lowest BCUT2D eigenvalue weighted by molar-refractivity contribution is 0.0597. The third-order valence-electron chi connectivity index (χ3n) is 3.86. The van der Waals surface area contributed by atoms with Crippen LogP contribution < -0.4 is 0 Å². The lowest BCUT2D eigenvalue weighted by Gasteiger charge is -2.21. The number of ether oxygens (including phenoxy) is 1. The number of rotatable bonds is 2. The van der Waals surface area contributed by atoms with Crippen LogP contribution in [0.1, 0.15) is 59.5 Å². The molecule has 0 atom stereocenters. The molecule has 0 saturated heterocycles. The molecule has 1 aliphatic rings. The molecule has 23 heavy (non-hydrogen) atoms. The topological polar surface area (TPSA) is 77.5 Å². The molecule has 3 rings (SSSR count). The first-order valence-corrected chi connectivity index (χ1v) is 6.92. The van der Waals surface area contributed by atoms with Gasteiger partial charge in [-0.3, -0.25) is 14.4 Å². The summed E-state index contributed by atoms with van der Waals surface area (Å²) < 4.78 is 4.69. The van der Waals surface area contributed by atoms with Crippen LogP contribution in [0.25, 0.3) is 0 Å². The lowest BCUT2D eigenvalue weighted by Crippen LogP contribution is -2.26. The summed E-state index contributed by atoms with van der Waals surface area (Å²) >= 11 is 0. The summed E-state index contributed by atoms with van der Waals surface area (Å²) in [5.41, 5.74) is 0.476.